The number of aliphatic imine (C=N–C) groups is 1. The summed E-state index contributed by atoms with van der Waals surface area (Å²) in [6, 6.07) is 9.12. The molecule has 1 aromatic rings. The molecule has 0 bridgehead atoms. The van der Waals surface area contributed by atoms with Crippen molar-refractivity contribution in [3.8, 4) is 0 Å². The second-order valence-corrected chi connectivity index (χ2v) is 5.04. The van der Waals surface area contributed by atoms with E-state index in [1.54, 1.807) is 0 Å². The number of hydrogen-bond acceptors (Lipinski definition) is 4. The molecule has 0 radical (unpaired) electrons. The molecule has 1 aromatic carbocycles. The second-order valence-electron chi connectivity index (χ2n) is 5.04. The van der Waals surface area contributed by atoms with Gasteiger partial charge in [-0.1, -0.05) is 30.3 Å². The van der Waals surface area contributed by atoms with Crippen molar-refractivity contribution in [1.29, 1.82) is 0 Å². The predicted molar refractivity (Wildman–Crippen MR) is 71.8 cm³/mol. The normalized spacial score (nSPS) is 27.7. The van der Waals surface area contributed by atoms with E-state index in [2.05, 4.69) is 10.5 Å². The maximum atomic E-state index is 13.1. The highest BCUT2D eigenvalue weighted by Gasteiger charge is 2.61. The zero-order valence-corrected chi connectivity index (χ0v) is 11.7. The number of carbonyl (C=O) groups is 1. The molecule has 114 valence electrons. The van der Waals surface area contributed by atoms with Crippen LogP contribution >= 0.6 is 0 Å². The van der Waals surface area contributed by atoms with E-state index in [0.717, 1.165) is 18.9 Å². The SMILES string of the molecule is CC1(C(=O)NOCc2ccccc2)N=COC1(C)C(F)F. The summed E-state index contributed by atoms with van der Waals surface area (Å²) >= 11 is 0. The fraction of sp³-hybridized carbons (Fsp3) is 0.429. The Morgan fingerprint density at radius 2 is 2.05 bits per heavy atom. The Morgan fingerprint density at radius 1 is 1.38 bits per heavy atom. The van der Waals surface area contributed by atoms with E-state index < -0.39 is 23.5 Å². The molecule has 2 unspecified atom stereocenters. The molecule has 0 saturated heterocycles. The van der Waals surface area contributed by atoms with Crippen molar-refractivity contribution in [3.63, 3.8) is 0 Å². The summed E-state index contributed by atoms with van der Waals surface area (Å²) in [4.78, 5) is 20.9. The van der Waals surface area contributed by atoms with Gasteiger partial charge in [0.1, 0.15) is 0 Å². The fourth-order valence-electron chi connectivity index (χ4n) is 1.89. The van der Waals surface area contributed by atoms with E-state index >= 15 is 0 Å². The van der Waals surface area contributed by atoms with Gasteiger partial charge in [0.05, 0.1) is 6.61 Å². The Balaban J connectivity index is 1.98. The van der Waals surface area contributed by atoms with Gasteiger partial charge in [-0.2, -0.15) is 0 Å². The Kier molecular flexibility index (Phi) is 4.22. The first-order valence-corrected chi connectivity index (χ1v) is 6.36. The monoisotopic (exact) mass is 298 g/mol. The molecule has 5 nitrogen and oxygen atoms in total. The Hall–Kier alpha value is -2.02. The molecule has 0 aliphatic carbocycles. The van der Waals surface area contributed by atoms with Crippen molar-refractivity contribution in [3.05, 3.63) is 35.9 Å². The van der Waals surface area contributed by atoms with Crippen molar-refractivity contribution in [2.45, 2.75) is 38.0 Å². The third-order valence-corrected chi connectivity index (χ3v) is 3.68. The quantitative estimate of drug-likeness (QED) is 0.847. The van der Waals surface area contributed by atoms with Crippen LogP contribution in [0.2, 0.25) is 0 Å². The van der Waals surface area contributed by atoms with Crippen LogP contribution < -0.4 is 5.48 Å². The summed E-state index contributed by atoms with van der Waals surface area (Å²) in [6.45, 7) is 2.55. The van der Waals surface area contributed by atoms with E-state index in [0.29, 0.717) is 0 Å². The minimum atomic E-state index is -2.87. The standard InChI is InChI=1S/C14H16F2N2O3/c1-13(14(2,11(15)16)20-9-17-13)12(19)18-21-8-10-6-4-3-5-7-10/h3-7,9,11H,8H2,1-2H3,(H,18,19). The summed E-state index contributed by atoms with van der Waals surface area (Å²) < 4.78 is 31.1. The zero-order chi connectivity index (χ0) is 15.5. The van der Waals surface area contributed by atoms with Gasteiger partial charge in [0.25, 0.3) is 12.3 Å². The summed E-state index contributed by atoms with van der Waals surface area (Å²) in [5.41, 5.74) is -0.776. The largest absolute Gasteiger partial charge is 0.468 e. The van der Waals surface area contributed by atoms with Crippen molar-refractivity contribution in [2.75, 3.05) is 0 Å². The van der Waals surface area contributed by atoms with Gasteiger partial charge in [0, 0.05) is 0 Å². The van der Waals surface area contributed by atoms with Crippen molar-refractivity contribution < 1.29 is 23.1 Å². The van der Waals surface area contributed by atoms with Gasteiger partial charge in [0.15, 0.2) is 11.9 Å². The van der Waals surface area contributed by atoms with Gasteiger partial charge in [-0.15, -0.1) is 0 Å². The molecule has 0 fully saturated rings. The van der Waals surface area contributed by atoms with Crippen molar-refractivity contribution in [1.82, 2.24) is 5.48 Å². The first kappa shape index (κ1) is 15.4. The van der Waals surface area contributed by atoms with Crippen LogP contribution in [0.5, 0.6) is 0 Å². The van der Waals surface area contributed by atoms with Crippen LogP contribution in [-0.2, 0) is 21.0 Å². The van der Waals surface area contributed by atoms with Crippen LogP contribution in [0.1, 0.15) is 19.4 Å². The topological polar surface area (TPSA) is 59.9 Å². The Morgan fingerprint density at radius 3 is 2.67 bits per heavy atom. The summed E-state index contributed by atoms with van der Waals surface area (Å²) in [5, 5.41) is 0. The molecule has 0 aromatic heterocycles. The molecular formula is C14H16F2N2O3. The number of halogens is 2. The third-order valence-electron chi connectivity index (χ3n) is 3.68. The molecule has 1 N–H and O–H groups in total. The van der Waals surface area contributed by atoms with Crippen LogP contribution in [-0.4, -0.2) is 29.9 Å². The lowest BCUT2D eigenvalue weighted by atomic mass is 9.83. The highest BCUT2D eigenvalue weighted by Crippen LogP contribution is 2.38. The summed E-state index contributed by atoms with van der Waals surface area (Å²) in [6.07, 6.45) is -1.99. The predicted octanol–water partition coefficient (Wildman–Crippen LogP) is 2.08. The van der Waals surface area contributed by atoms with E-state index in [4.69, 9.17) is 9.57 Å². The Bertz CT molecular complexity index is 538. The van der Waals surface area contributed by atoms with E-state index in [1.807, 2.05) is 30.3 Å². The first-order valence-electron chi connectivity index (χ1n) is 6.36. The number of carbonyl (C=O) groups excluding carboxylic acids is 1. The zero-order valence-electron chi connectivity index (χ0n) is 11.7. The summed E-state index contributed by atoms with van der Waals surface area (Å²) in [5.74, 6) is -0.782. The minimum absolute atomic E-state index is 0.124. The van der Waals surface area contributed by atoms with Gasteiger partial charge < -0.3 is 4.74 Å². The number of amides is 1. The van der Waals surface area contributed by atoms with Gasteiger partial charge in [-0.3, -0.25) is 9.63 Å². The number of hydrogen-bond donors (Lipinski definition) is 1. The molecule has 21 heavy (non-hydrogen) atoms. The number of nitrogens with one attached hydrogen (secondary N) is 1. The number of hydroxylamine groups is 1. The van der Waals surface area contributed by atoms with Crippen LogP contribution in [0.3, 0.4) is 0 Å². The van der Waals surface area contributed by atoms with Gasteiger partial charge >= 0.3 is 0 Å². The molecule has 1 amide bonds. The van der Waals surface area contributed by atoms with E-state index in [1.165, 1.54) is 6.92 Å². The van der Waals surface area contributed by atoms with Gasteiger partial charge in [-0.05, 0) is 19.4 Å². The maximum absolute atomic E-state index is 13.1. The van der Waals surface area contributed by atoms with Crippen LogP contribution in [0.15, 0.2) is 35.3 Å². The number of nitrogens with zero attached hydrogens (tertiary/aromatic N) is 1. The Labute approximate surface area is 120 Å². The first-order chi connectivity index (χ1) is 9.90. The number of rotatable bonds is 5. The van der Waals surface area contributed by atoms with Gasteiger partial charge in [-0.25, -0.2) is 19.3 Å². The van der Waals surface area contributed by atoms with E-state index in [-0.39, 0.29) is 6.61 Å². The fourth-order valence-corrected chi connectivity index (χ4v) is 1.89. The number of alkyl halides is 2. The number of benzene rings is 1. The van der Waals surface area contributed by atoms with Crippen LogP contribution in [0.25, 0.3) is 0 Å². The molecule has 7 heteroatoms. The molecule has 1 aliphatic rings. The number of ether oxygens (including phenoxy) is 1. The molecular weight excluding hydrogens is 282 g/mol. The van der Waals surface area contributed by atoms with Crippen LogP contribution in [0, 0.1) is 0 Å². The van der Waals surface area contributed by atoms with Gasteiger partial charge in [0.2, 0.25) is 5.60 Å². The molecule has 2 atom stereocenters. The third kappa shape index (κ3) is 2.73. The lowest BCUT2D eigenvalue weighted by molar-refractivity contribution is -0.155. The van der Waals surface area contributed by atoms with Crippen molar-refractivity contribution >= 4 is 12.3 Å². The molecule has 2 rings (SSSR count). The molecule has 1 aliphatic heterocycles. The average Bonchev–Trinajstić information content (AvgIpc) is 2.78. The second kappa shape index (κ2) is 5.77. The lowest BCUT2D eigenvalue weighted by Gasteiger charge is -2.34. The molecule has 0 spiro atoms. The maximum Gasteiger partial charge on any atom is 0.280 e. The van der Waals surface area contributed by atoms with E-state index in [9.17, 15) is 13.6 Å². The minimum Gasteiger partial charge on any atom is -0.468 e. The molecule has 0 saturated carbocycles. The van der Waals surface area contributed by atoms with Crippen LogP contribution in [0.4, 0.5) is 8.78 Å². The average molecular weight is 298 g/mol. The van der Waals surface area contributed by atoms with Crippen molar-refractivity contribution in [2.24, 2.45) is 4.99 Å². The molecule has 1 heterocycles. The highest BCUT2D eigenvalue weighted by atomic mass is 19.3. The lowest BCUT2D eigenvalue weighted by Crippen LogP contribution is -2.60. The highest BCUT2D eigenvalue weighted by molar-refractivity contribution is 5.89. The smallest absolute Gasteiger partial charge is 0.280 e. The summed E-state index contributed by atoms with van der Waals surface area (Å²) in [7, 11) is 0.